The van der Waals surface area contributed by atoms with Gasteiger partial charge >= 0.3 is 0 Å². The van der Waals surface area contributed by atoms with Crippen molar-refractivity contribution in [2.24, 2.45) is 0 Å². The molecule has 2 aromatic heterocycles. The van der Waals surface area contributed by atoms with Crippen LogP contribution in [-0.4, -0.2) is 36.2 Å². The molecule has 0 bridgehead atoms. The zero-order valence-electron chi connectivity index (χ0n) is 14.4. The van der Waals surface area contributed by atoms with E-state index < -0.39 is 10.0 Å². The summed E-state index contributed by atoms with van der Waals surface area (Å²) in [5.41, 5.74) is 1.49. The molecule has 0 aliphatic carbocycles. The molecule has 0 saturated heterocycles. The molecule has 0 saturated carbocycles. The van der Waals surface area contributed by atoms with E-state index in [0.717, 1.165) is 27.8 Å². The number of sulfonamides is 1. The Morgan fingerprint density at radius 2 is 2.04 bits per heavy atom. The molecule has 10 heteroatoms. The van der Waals surface area contributed by atoms with Crippen LogP contribution in [0.1, 0.15) is 23.3 Å². The molecule has 0 amide bonds. The minimum atomic E-state index is -3.71. The van der Waals surface area contributed by atoms with Crippen molar-refractivity contribution in [1.29, 1.82) is 0 Å². The van der Waals surface area contributed by atoms with Crippen molar-refractivity contribution in [3.8, 4) is 11.5 Å². The van der Waals surface area contributed by atoms with Crippen LogP contribution in [-0.2, 0) is 23.0 Å². The van der Waals surface area contributed by atoms with Crippen molar-refractivity contribution in [1.82, 2.24) is 19.3 Å². The van der Waals surface area contributed by atoms with Crippen LogP contribution in [0.25, 0.3) is 4.96 Å². The Kier molecular flexibility index (Phi) is 4.33. The molecule has 1 aliphatic heterocycles. The molecule has 0 fully saturated rings. The Labute approximate surface area is 154 Å². The van der Waals surface area contributed by atoms with Crippen molar-refractivity contribution in [2.75, 3.05) is 13.2 Å². The van der Waals surface area contributed by atoms with Crippen molar-refractivity contribution in [3.05, 3.63) is 34.6 Å². The Bertz CT molecular complexity index is 1070. The van der Waals surface area contributed by atoms with Crippen LogP contribution >= 0.6 is 11.3 Å². The summed E-state index contributed by atoms with van der Waals surface area (Å²) in [6.07, 6.45) is 0.815. The monoisotopic (exact) mass is 394 g/mol. The SMILES string of the molecule is CCc1nn2c(CNS(=O)(=O)c3ccc4c(c3)OCCO4)c(C)nc2s1. The van der Waals surface area contributed by atoms with E-state index in [-0.39, 0.29) is 11.4 Å². The number of nitrogens with zero attached hydrogens (tertiary/aromatic N) is 3. The van der Waals surface area contributed by atoms with E-state index in [1.54, 1.807) is 10.6 Å². The third kappa shape index (κ3) is 3.04. The van der Waals surface area contributed by atoms with E-state index in [1.165, 1.54) is 23.5 Å². The maximum Gasteiger partial charge on any atom is 0.241 e. The molecule has 138 valence electrons. The fraction of sp³-hybridized carbons (Fsp3) is 0.375. The van der Waals surface area contributed by atoms with E-state index in [0.29, 0.717) is 24.7 Å². The average Bonchev–Trinajstić information content (AvgIpc) is 3.16. The fourth-order valence-corrected chi connectivity index (χ4v) is 4.61. The number of hydrogen-bond donors (Lipinski definition) is 1. The highest BCUT2D eigenvalue weighted by atomic mass is 32.2. The maximum absolute atomic E-state index is 12.7. The summed E-state index contributed by atoms with van der Waals surface area (Å²) in [5, 5.41) is 5.45. The molecule has 26 heavy (non-hydrogen) atoms. The largest absolute Gasteiger partial charge is 0.486 e. The first-order valence-corrected chi connectivity index (χ1v) is 10.5. The molecule has 0 atom stereocenters. The number of rotatable bonds is 5. The van der Waals surface area contributed by atoms with Gasteiger partial charge in [-0.05, 0) is 25.5 Å². The first kappa shape index (κ1) is 17.3. The number of fused-ring (bicyclic) bond motifs is 2. The number of benzene rings is 1. The molecular formula is C16H18N4O4S2. The lowest BCUT2D eigenvalue weighted by Crippen LogP contribution is -2.25. The van der Waals surface area contributed by atoms with Gasteiger partial charge in [0.05, 0.1) is 22.8 Å². The lowest BCUT2D eigenvalue weighted by atomic mass is 10.3. The molecule has 3 heterocycles. The highest BCUT2D eigenvalue weighted by Crippen LogP contribution is 2.32. The van der Waals surface area contributed by atoms with Gasteiger partial charge < -0.3 is 9.47 Å². The lowest BCUT2D eigenvalue weighted by Gasteiger charge is -2.18. The fourth-order valence-electron chi connectivity index (χ4n) is 2.71. The van der Waals surface area contributed by atoms with Crippen LogP contribution in [0.2, 0.25) is 0 Å². The molecule has 1 N–H and O–H groups in total. The second-order valence-corrected chi connectivity index (χ2v) is 8.63. The van der Waals surface area contributed by atoms with Crippen LogP contribution in [0.15, 0.2) is 23.1 Å². The molecule has 0 unspecified atom stereocenters. The van der Waals surface area contributed by atoms with E-state index in [4.69, 9.17) is 9.47 Å². The number of nitrogens with one attached hydrogen (secondary N) is 1. The van der Waals surface area contributed by atoms with Gasteiger partial charge in [-0.3, -0.25) is 0 Å². The number of aryl methyl sites for hydroxylation is 2. The molecular weight excluding hydrogens is 376 g/mol. The summed E-state index contributed by atoms with van der Waals surface area (Å²) in [4.78, 5) is 5.36. The van der Waals surface area contributed by atoms with E-state index in [1.807, 2.05) is 13.8 Å². The van der Waals surface area contributed by atoms with Crippen molar-refractivity contribution in [2.45, 2.75) is 31.7 Å². The Hall–Kier alpha value is -2.17. The van der Waals surface area contributed by atoms with Gasteiger partial charge in [0.2, 0.25) is 15.0 Å². The number of hydrogen-bond acceptors (Lipinski definition) is 7. The lowest BCUT2D eigenvalue weighted by molar-refractivity contribution is 0.171. The highest BCUT2D eigenvalue weighted by molar-refractivity contribution is 7.89. The van der Waals surface area contributed by atoms with Gasteiger partial charge in [-0.15, -0.1) is 0 Å². The molecule has 0 spiro atoms. The Morgan fingerprint density at radius 1 is 1.27 bits per heavy atom. The molecule has 8 nitrogen and oxygen atoms in total. The zero-order valence-corrected chi connectivity index (χ0v) is 16.0. The average molecular weight is 394 g/mol. The predicted octanol–water partition coefficient (Wildman–Crippen LogP) is 1.91. The first-order valence-electron chi connectivity index (χ1n) is 8.21. The smallest absolute Gasteiger partial charge is 0.241 e. The summed E-state index contributed by atoms with van der Waals surface area (Å²) >= 11 is 1.51. The van der Waals surface area contributed by atoms with Gasteiger partial charge in [-0.2, -0.15) is 5.10 Å². The minimum absolute atomic E-state index is 0.108. The van der Waals surface area contributed by atoms with Crippen molar-refractivity contribution >= 4 is 26.3 Å². The standard InChI is InChI=1S/C16H18N4O4S2/c1-3-15-19-20-12(10(2)18-16(20)25-15)9-17-26(21,22)11-4-5-13-14(8-11)24-7-6-23-13/h4-5,8,17H,3,6-7,9H2,1-2H3. The number of imidazole rings is 1. The second-order valence-electron chi connectivity index (χ2n) is 5.82. The summed E-state index contributed by atoms with van der Waals surface area (Å²) < 4.78 is 40.6. The molecule has 1 aliphatic rings. The zero-order chi connectivity index (χ0) is 18.3. The third-order valence-electron chi connectivity index (χ3n) is 4.09. The first-order chi connectivity index (χ1) is 12.5. The van der Waals surface area contributed by atoms with E-state index in [2.05, 4.69) is 14.8 Å². The van der Waals surface area contributed by atoms with Gasteiger partial charge in [-0.1, -0.05) is 18.3 Å². The summed E-state index contributed by atoms with van der Waals surface area (Å²) in [6, 6.07) is 4.60. The third-order valence-corrected chi connectivity index (χ3v) is 6.55. The van der Waals surface area contributed by atoms with Gasteiger partial charge in [0.15, 0.2) is 11.5 Å². The molecule has 1 aromatic carbocycles. The Morgan fingerprint density at radius 3 is 2.81 bits per heavy atom. The van der Waals surface area contributed by atoms with Crippen molar-refractivity contribution in [3.63, 3.8) is 0 Å². The molecule has 3 aromatic rings. The van der Waals surface area contributed by atoms with Gasteiger partial charge in [0, 0.05) is 6.07 Å². The topological polar surface area (TPSA) is 94.8 Å². The van der Waals surface area contributed by atoms with Crippen LogP contribution < -0.4 is 14.2 Å². The van der Waals surface area contributed by atoms with Gasteiger partial charge in [0.25, 0.3) is 0 Å². The maximum atomic E-state index is 12.7. The van der Waals surface area contributed by atoms with Crippen molar-refractivity contribution < 1.29 is 17.9 Å². The normalized spacial score (nSPS) is 14.1. The van der Waals surface area contributed by atoms with E-state index >= 15 is 0 Å². The Balaban J connectivity index is 1.59. The van der Waals surface area contributed by atoms with Gasteiger partial charge in [0.1, 0.15) is 18.2 Å². The quantitative estimate of drug-likeness (QED) is 0.710. The van der Waals surface area contributed by atoms with Crippen LogP contribution in [0.5, 0.6) is 11.5 Å². The van der Waals surface area contributed by atoms with Crippen LogP contribution in [0, 0.1) is 6.92 Å². The molecule has 0 radical (unpaired) electrons. The van der Waals surface area contributed by atoms with Crippen LogP contribution in [0.4, 0.5) is 0 Å². The summed E-state index contributed by atoms with van der Waals surface area (Å²) in [7, 11) is -3.71. The summed E-state index contributed by atoms with van der Waals surface area (Å²) in [5.74, 6) is 0.993. The highest BCUT2D eigenvalue weighted by Gasteiger charge is 2.21. The number of ether oxygens (including phenoxy) is 2. The van der Waals surface area contributed by atoms with Crippen LogP contribution in [0.3, 0.4) is 0 Å². The number of aromatic nitrogens is 3. The predicted molar refractivity (Wildman–Crippen MR) is 96.4 cm³/mol. The molecule has 4 rings (SSSR count). The second kappa shape index (κ2) is 6.53. The van der Waals surface area contributed by atoms with E-state index in [9.17, 15) is 8.42 Å². The van der Waals surface area contributed by atoms with Gasteiger partial charge in [-0.25, -0.2) is 22.6 Å². The minimum Gasteiger partial charge on any atom is -0.486 e. The summed E-state index contributed by atoms with van der Waals surface area (Å²) in [6.45, 7) is 4.84.